The number of nitrogens with one attached hydrogen (secondary N) is 1. The van der Waals surface area contributed by atoms with E-state index in [1.807, 2.05) is 26.0 Å². The van der Waals surface area contributed by atoms with Gasteiger partial charge in [-0.25, -0.2) is 0 Å². The summed E-state index contributed by atoms with van der Waals surface area (Å²) in [6, 6.07) is 16.9. The fourth-order valence-electron chi connectivity index (χ4n) is 6.00. The third kappa shape index (κ3) is 4.87. The summed E-state index contributed by atoms with van der Waals surface area (Å²) < 4.78 is 45.9. The summed E-state index contributed by atoms with van der Waals surface area (Å²) in [5.41, 5.74) is 3.51. The van der Waals surface area contributed by atoms with Gasteiger partial charge < -0.3 is 14.3 Å². The van der Waals surface area contributed by atoms with Gasteiger partial charge in [-0.1, -0.05) is 51.3 Å². The number of ether oxygens (including phenoxy) is 1. The van der Waals surface area contributed by atoms with Gasteiger partial charge in [-0.3, -0.25) is 4.79 Å². The number of pyridine rings is 1. The highest BCUT2D eigenvalue weighted by molar-refractivity contribution is 7.86. The van der Waals surface area contributed by atoms with Crippen LogP contribution in [-0.2, 0) is 10.2 Å². The zero-order chi connectivity index (χ0) is 28.9. The first-order chi connectivity index (χ1) is 19.7. The van der Waals surface area contributed by atoms with Crippen molar-refractivity contribution in [3.05, 3.63) is 70.4 Å². The van der Waals surface area contributed by atoms with Gasteiger partial charge >= 0.3 is 10.2 Å². The molecule has 5 aromatic rings. The summed E-state index contributed by atoms with van der Waals surface area (Å²) in [7, 11) is -4.92. The van der Waals surface area contributed by atoms with Gasteiger partial charge in [0.05, 0.1) is 39.4 Å². The molecule has 0 radical (unpaired) electrons. The highest BCUT2D eigenvalue weighted by Crippen LogP contribution is 2.40. The van der Waals surface area contributed by atoms with E-state index in [4.69, 9.17) is 4.74 Å². The van der Waals surface area contributed by atoms with Crippen molar-refractivity contribution >= 4 is 43.1 Å². The lowest BCUT2D eigenvalue weighted by Gasteiger charge is -2.28. The van der Waals surface area contributed by atoms with Gasteiger partial charge in [0.2, 0.25) is 0 Å². The Balaban J connectivity index is 1.73. The number of nitriles is 1. The molecule has 210 valence electrons. The molecule has 1 aliphatic rings. The van der Waals surface area contributed by atoms with Crippen LogP contribution in [0.15, 0.2) is 64.3 Å². The number of hydrogen-bond donors (Lipinski definition) is 1. The van der Waals surface area contributed by atoms with E-state index in [9.17, 15) is 22.4 Å². The van der Waals surface area contributed by atoms with Crippen LogP contribution < -0.4 is 10.2 Å². The van der Waals surface area contributed by atoms with Crippen LogP contribution in [-0.4, -0.2) is 24.6 Å². The van der Waals surface area contributed by atoms with Crippen molar-refractivity contribution in [2.75, 3.05) is 6.61 Å². The molecular weight excluding hydrogens is 541 g/mol. The molecule has 0 atom stereocenters. The van der Waals surface area contributed by atoms with E-state index in [0.29, 0.717) is 56.5 Å². The van der Waals surface area contributed by atoms with Crippen molar-refractivity contribution in [3.63, 3.8) is 0 Å². The molecular formula is C32H30FN3O4S. The average Bonchev–Trinajstić information content (AvgIpc) is 3.34. The zero-order valence-electron chi connectivity index (χ0n) is 22.9. The van der Waals surface area contributed by atoms with E-state index in [0.717, 1.165) is 37.5 Å². The van der Waals surface area contributed by atoms with Crippen molar-refractivity contribution in [1.29, 1.82) is 5.26 Å². The quantitative estimate of drug-likeness (QED) is 0.214. The number of halogens is 1. The molecule has 0 bridgehead atoms. The fourth-order valence-corrected chi connectivity index (χ4v) is 6.51. The molecule has 0 unspecified atom stereocenters. The zero-order valence-corrected chi connectivity index (χ0v) is 23.7. The second kappa shape index (κ2) is 10.3. The summed E-state index contributed by atoms with van der Waals surface area (Å²) in [6.07, 6.45) is 5.18. The van der Waals surface area contributed by atoms with E-state index in [1.165, 1.54) is 18.2 Å². The molecule has 2 heterocycles. The number of rotatable bonds is 6. The fraction of sp³-hybridized carbons (Fsp3) is 0.312. The van der Waals surface area contributed by atoms with Gasteiger partial charge in [0.15, 0.2) is 5.43 Å². The maximum Gasteiger partial charge on any atom is 0.332 e. The Morgan fingerprint density at radius 1 is 1.07 bits per heavy atom. The van der Waals surface area contributed by atoms with Crippen LogP contribution in [0.1, 0.15) is 57.6 Å². The molecule has 1 N–H and O–H groups in total. The number of aromatic amines is 1. The monoisotopic (exact) mass is 571 g/mol. The largest absolute Gasteiger partial charge is 0.493 e. The molecule has 0 amide bonds. The molecule has 2 aromatic heterocycles. The van der Waals surface area contributed by atoms with Crippen LogP contribution in [0.5, 0.6) is 5.75 Å². The number of nitrogens with zero attached hydrogens (tertiary/aromatic N) is 2. The predicted octanol–water partition coefficient (Wildman–Crippen LogP) is 7.37. The number of hydrogen-bond acceptors (Lipinski definition) is 5. The summed E-state index contributed by atoms with van der Waals surface area (Å²) in [5.74, 6) is 0.623. The highest BCUT2D eigenvalue weighted by atomic mass is 32.3. The van der Waals surface area contributed by atoms with Crippen LogP contribution in [0.2, 0.25) is 0 Å². The van der Waals surface area contributed by atoms with Crippen LogP contribution in [0.3, 0.4) is 0 Å². The van der Waals surface area contributed by atoms with Crippen LogP contribution in [0, 0.1) is 17.2 Å². The van der Waals surface area contributed by atoms with Crippen molar-refractivity contribution < 1.29 is 17.0 Å². The lowest BCUT2D eigenvalue weighted by atomic mass is 9.93. The van der Waals surface area contributed by atoms with Gasteiger partial charge in [-0.05, 0) is 60.7 Å². The minimum absolute atomic E-state index is 0.130. The minimum Gasteiger partial charge on any atom is -0.493 e. The lowest BCUT2D eigenvalue weighted by molar-refractivity contribution is 0.272. The van der Waals surface area contributed by atoms with Crippen molar-refractivity contribution in [2.24, 2.45) is 5.92 Å². The molecule has 0 aliphatic heterocycles. The van der Waals surface area contributed by atoms with Crippen molar-refractivity contribution in [2.45, 2.75) is 56.9 Å². The first kappa shape index (κ1) is 27.0. The molecule has 1 saturated carbocycles. The number of aromatic nitrogens is 2. The van der Waals surface area contributed by atoms with Gasteiger partial charge in [0.25, 0.3) is 0 Å². The first-order valence-corrected chi connectivity index (χ1v) is 15.3. The molecule has 1 aliphatic carbocycles. The van der Waals surface area contributed by atoms with Gasteiger partial charge in [0, 0.05) is 22.5 Å². The normalized spacial score (nSPS) is 14.7. The summed E-state index contributed by atoms with van der Waals surface area (Å²) in [5, 5.41) is 11.3. The predicted molar refractivity (Wildman–Crippen MR) is 158 cm³/mol. The lowest BCUT2D eigenvalue weighted by Crippen LogP contribution is -2.18. The molecule has 41 heavy (non-hydrogen) atoms. The van der Waals surface area contributed by atoms with Crippen molar-refractivity contribution in [3.8, 4) is 22.9 Å². The Hall–Kier alpha value is -4.16. The third-order valence-corrected chi connectivity index (χ3v) is 8.73. The number of fused-ring (bicyclic) bond motifs is 4. The second-order valence-electron chi connectivity index (χ2n) is 11.2. The van der Waals surface area contributed by atoms with Crippen LogP contribution in [0.25, 0.3) is 44.0 Å². The molecule has 7 nitrogen and oxygen atoms in total. The molecule has 1 fully saturated rings. The smallest absolute Gasteiger partial charge is 0.332 e. The second-order valence-corrected chi connectivity index (χ2v) is 12.6. The number of benzene rings is 3. The standard InChI is InChI=1S/C32H30FN3O4S/c1-19(2)18-40-29-16-26-28(15-25(29)21-7-6-10-23(14-21)41(33,38)39)36(22-8-4-3-5-9-22)32-30(31(26)37)24-12-11-20(17-34)13-27(24)35-32/h6-7,10-16,19,22,35H,3-5,8-9,18H2,1-2H3. The molecule has 3 aromatic carbocycles. The van der Waals surface area contributed by atoms with Gasteiger partial charge in [-0.2, -0.15) is 13.7 Å². The van der Waals surface area contributed by atoms with E-state index in [2.05, 4.69) is 15.6 Å². The maximum atomic E-state index is 14.2. The summed E-state index contributed by atoms with van der Waals surface area (Å²) in [4.78, 5) is 17.2. The van der Waals surface area contributed by atoms with Gasteiger partial charge in [0.1, 0.15) is 11.4 Å². The van der Waals surface area contributed by atoms with Crippen LogP contribution in [0.4, 0.5) is 3.89 Å². The van der Waals surface area contributed by atoms with E-state index in [1.54, 1.807) is 24.3 Å². The first-order valence-electron chi connectivity index (χ1n) is 13.9. The summed E-state index contributed by atoms with van der Waals surface area (Å²) in [6.45, 7) is 4.40. The maximum absolute atomic E-state index is 14.2. The highest BCUT2D eigenvalue weighted by Gasteiger charge is 2.25. The molecule has 9 heteroatoms. The topological polar surface area (TPSA) is 105 Å². The Kier molecular flexibility index (Phi) is 6.82. The van der Waals surface area contributed by atoms with E-state index < -0.39 is 15.1 Å². The Bertz CT molecular complexity index is 2030. The van der Waals surface area contributed by atoms with Crippen LogP contribution >= 0.6 is 0 Å². The molecule has 6 rings (SSSR count). The van der Waals surface area contributed by atoms with E-state index in [-0.39, 0.29) is 17.4 Å². The minimum atomic E-state index is -4.92. The van der Waals surface area contributed by atoms with Gasteiger partial charge in [-0.15, -0.1) is 3.89 Å². The van der Waals surface area contributed by atoms with Crippen molar-refractivity contribution in [1.82, 2.24) is 9.55 Å². The Labute approximate surface area is 237 Å². The summed E-state index contributed by atoms with van der Waals surface area (Å²) >= 11 is 0. The Morgan fingerprint density at radius 2 is 1.85 bits per heavy atom. The number of H-pyrrole nitrogens is 1. The third-order valence-electron chi connectivity index (χ3n) is 7.92. The molecule has 0 saturated heterocycles. The SMILES string of the molecule is CC(C)COc1cc2c(=O)c3c4ccc(C#N)cc4[nH]c3n(C3CCCCC3)c2cc1-c1cccc(S(=O)(=O)F)c1. The Morgan fingerprint density at radius 3 is 2.56 bits per heavy atom. The van der Waals surface area contributed by atoms with E-state index >= 15 is 0 Å². The average molecular weight is 572 g/mol. The molecule has 0 spiro atoms.